The highest BCUT2D eigenvalue weighted by molar-refractivity contribution is 7.86. The molecule has 0 aliphatic carbocycles. The van der Waals surface area contributed by atoms with Gasteiger partial charge < -0.3 is 62.6 Å². The lowest BCUT2D eigenvalue weighted by Crippen LogP contribution is -2.62. The number of methoxy groups -OCH3 is 1. The molecule has 0 spiro atoms. The van der Waals surface area contributed by atoms with Crippen molar-refractivity contribution in [2.45, 2.75) is 200 Å². The fraction of sp³-hybridized carbons (Fsp3) is 0.854. The molecule has 18 atom stereocenters. The van der Waals surface area contributed by atoms with Crippen LogP contribution >= 0.6 is 0 Å². The van der Waals surface area contributed by atoms with Crippen LogP contribution in [0, 0.1) is 23.7 Å². The van der Waals surface area contributed by atoms with Crippen molar-refractivity contribution in [2.24, 2.45) is 28.8 Å². The third-order valence-electron chi connectivity index (χ3n) is 13.7. The Kier molecular flexibility index (Phi) is 22.4. The van der Waals surface area contributed by atoms with Crippen molar-refractivity contribution in [1.82, 2.24) is 4.90 Å². The maximum Gasteiger partial charge on any atom is 0.331 e. The molecule has 3 saturated heterocycles. The van der Waals surface area contributed by atoms with Gasteiger partial charge in [0.25, 0.3) is 10.1 Å². The molecule has 70 heavy (non-hydrogen) atoms. The number of aliphatic hydroxyl groups is 2. The zero-order valence-electron chi connectivity index (χ0n) is 44.2. The summed E-state index contributed by atoms with van der Waals surface area (Å²) < 4.78 is 86.2. The first-order valence-electron chi connectivity index (χ1n) is 24.0. The van der Waals surface area contributed by atoms with E-state index in [4.69, 9.17) is 51.7 Å². The van der Waals surface area contributed by atoms with E-state index in [9.17, 15) is 37.8 Å². The Bertz CT molecular complexity index is 1930. The smallest absolute Gasteiger partial charge is 0.331 e. The van der Waals surface area contributed by atoms with Gasteiger partial charge in [-0.25, -0.2) is 4.79 Å². The lowest BCUT2D eigenvalue weighted by molar-refractivity contribution is -0.321. The SMILES string of the molecule is CC[C@H]1OC(=O)[C@H](C)[C@@H](OC2C[C@@](C)(OC)[C@@H](OC(C)=O)[C@H](C)O2)[C@H](C)[C@@H](O[C@@H]2O[C@H](C)C[C@H](N(C)C)[C@H]2OC(C)=O)[C@](C)(OC/C=C/COS(C)(=O)=O)C[C@@H](C)/C(=N\OC(C)=O)[C@H](C)[C@@H](O)[C@]1(C)O. The van der Waals surface area contributed by atoms with Gasteiger partial charge in [0, 0.05) is 52.1 Å². The van der Waals surface area contributed by atoms with Gasteiger partial charge in [-0.15, -0.1) is 0 Å². The standard InChI is InChI=1S/C48H82N2O19S/c1-18-36-48(13,56)41(54)28(4)38(49-69-34(10)53)26(2)24-47(12,60-21-19-20-22-61-70(17,57)58)42(68-45-40(64-32(8)51)35(50(14)15)23-27(3)62-45)29(5)39(30(6)44(55)66-36)67-37-25-46(11,59-16)43(31(7)63-37)65-33(9)52/h19-20,26-31,35-37,39-43,45,54,56H,18,21-25H2,1-17H3/b20-19+,49-38+/t26-,27-,28+,29+,30-,31+,35+,36-,37?,39+,40-,41-,42-,43+,45+,46-,47-,48-/m1/s1. The van der Waals surface area contributed by atoms with E-state index in [2.05, 4.69) is 5.16 Å². The van der Waals surface area contributed by atoms with Crippen LogP contribution in [-0.4, -0.2) is 178 Å². The number of likely N-dealkylation sites (N-methyl/N-ethyl adjacent to an activating group) is 1. The highest BCUT2D eigenvalue weighted by Gasteiger charge is 2.55. The second kappa shape index (κ2) is 25.7. The minimum absolute atomic E-state index is 0.0160. The molecule has 3 fully saturated rings. The number of hydrogen-bond donors (Lipinski definition) is 2. The van der Waals surface area contributed by atoms with E-state index in [0.717, 1.165) is 13.2 Å². The van der Waals surface area contributed by atoms with Crippen molar-refractivity contribution >= 4 is 39.7 Å². The Balaban J connectivity index is 2.45. The van der Waals surface area contributed by atoms with Gasteiger partial charge in [-0.1, -0.05) is 45.0 Å². The maximum absolute atomic E-state index is 14.8. The second-order valence-electron chi connectivity index (χ2n) is 20.1. The molecule has 3 heterocycles. The predicted octanol–water partition coefficient (Wildman–Crippen LogP) is 3.83. The molecular formula is C48H82N2O19S. The van der Waals surface area contributed by atoms with E-state index < -0.39 is 142 Å². The first-order chi connectivity index (χ1) is 32.3. The average Bonchev–Trinajstić information content (AvgIpc) is 3.24. The quantitative estimate of drug-likeness (QED) is 0.0556. The maximum atomic E-state index is 14.8. The van der Waals surface area contributed by atoms with E-state index in [1.54, 1.807) is 61.5 Å². The second-order valence-corrected chi connectivity index (χ2v) is 21.7. The van der Waals surface area contributed by atoms with Crippen LogP contribution in [0.15, 0.2) is 17.3 Å². The number of ether oxygens (including phenoxy) is 9. The molecule has 0 aromatic rings. The molecule has 0 saturated carbocycles. The molecule has 3 aliphatic rings. The summed E-state index contributed by atoms with van der Waals surface area (Å²) in [6.45, 7) is 20.1. The molecule has 0 radical (unpaired) electrons. The molecule has 22 heteroatoms. The van der Waals surface area contributed by atoms with E-state index in [0.29, 0.717) is 6.42 Å². The summed E-state index contributed by atoms with van der Waals surface area (Å²) in [7, 11) is 1.39. The highest BCUT2D eigenvalue weighted by Crippen LogP contribution is 2.43. The molecule has 1 unspecified atom stereocenters. The number of rotatable bonds is 16. The Morgan fingerprint density at radius 3 is 2.01 bits per heavy atom. The zero-order chi connectivity index (χ0) is 53.3. The molecule has 2 N–H and O–H groups in total. The number of aliphatic hydroxyl groups excluding tert-OH is 1. The number of carbonyl (C=O) groups excluding carboxylic acids is 4. The van der Waals surface area contributed by atoms with Gasteiger partial charge in [0.15, 0.2) is 24.8 Å². The molecular weight excluding hydrogens is 941 g/mol. The van der Waals surface area contributed by atoms with Crippen LogP contribution < -0.4 is 0 Å². The Morgan fingerprint density at radius 1 is 0.857 bits per heavy atom. The highest BCUT2D eigenvalue weighted by atomic mass is 32.2. The van der Waals surface area contributed by atoms with Gasteiger partial charge in [-0.2, -0.15) is 8.42 Å². The summed E-state index contributed by atoms with van der Waals surface area (Å²) >= 11 is 0. The predicted molar refractivity (Wildman–Crippen MR) is 253 cm³/mol. The monoisotopic (exact) mass is 1020 g/mol. The normalized spacial score (nSPS) is 40.1. The number of carbonyl (C=O) groups is 4. The summed E-state index contributed by atoms with van der Waals surface area (Å²) in [6, 6.07) is -0.395. The van der Waals surface area contributed by atoms with Crippen molar-refractivity contribution < 1.29 is 89.5 Å². The zero-order valence-corrected chi connectivity index (χ0v) is 45.0. The number of nitrogens with zero attached hydrogens (tertiary/aromatic N) is 2. The number of cyclic esters (lactones) is 1. The fourth-order valence-electron chi connectivity index (χ4n) is 10.1. The lowest BCUT2D eigenvalue weighted by Gasteiger charge is -2.50. The Morgan fingerprint density at radius 2 is 1.47 bits per heavy atom. The van der Waals surface area contributed by atoms with Gasteiger partial charge in [0.1, 0.15) is 17.3 Å². The molecule has 21 nitrogen and oxygen atoms in total. The van der Waals surface area contributed by atoms with E-state index in [1.807, 2.05) is 25.9 Å². The van der Waals surface area contributed by atoms with E-state index in [-0.39, 0.29) is 38.2 Å². The van der Waals surface area contributed by atoms with Gasteiger partial charge in [-0.3, -0.25) is 18.6 Å². The van der Waals surface area contributed by atoms with Crippen molar-refractivity contribution in [3.63, 3.8) is 0 Å². The van der Waals surface area contributed by atoms with Crippen LogP contribution in [0.25, 0.3) is 0 Å². The lowest BCUT2D eigenvalue weighted by atomic mass is 9.73. The van der Waals surface area contributed by atoms with E-state index >= 15 is 0 Å². The van der Waals surface area contributed by atoms with Gasteiger partial charge in [0.05, 0.1) is 73.3 Å². The van der Waals surface area contributed by atoms with Gasteiger partial charge >= 0.3 is 23.9 Å². The molecule has 3 aliphatic heterocycles. The van der Waals surface area contributed by atoms with Gasteiger partial charge in [-0.05, 0) is 74.9 Å². The van der Waals surface area contributed by atoms with Crippen LogP contribution in [0.5, 0.6) is 0 Å². The summed E-state index contributed by atoms with van der Waals surface area (Å²) in [5.74, 6) is -6.61. The summed E-state index contributed by atoms with van der Waals surface area (Å²) in [5.41, 5.74) is -4.64. The summed E-state index contributed by atoms with van der Waals surface area (Å²) in [4.78, 5) is 59.3. The third-order valence-corrected chi connectivity index (χ3v) is 14.3. The summed E-state index contributed by atoms with van der Waals surface area (Å²) in [6.07, 6.45) is -6.28. The minimum Gasteiger partial charge on any atom is -0.459 e. The third kappa shape index (κ3) is 16.2. The Labute approximate surface area is 414 Å². The van der Waals surface area contributed by atoms with Crippen LogP contribution in [-0.2, 0) is 80.9 Å². The molecule has 0 aromatic carbocycles. The number of hydrogen-bond acceptors (Lipinski definition) is 21. The first kappa shape index (κ1) is 61.1. The fourth-order valence-corrected chi connectivity index (χ4v) is 10.4. The van der Waals surface area contributed by atoms with Crippen molar-refractivity contribution in [3.05, 3.63) is 12.2 Å². The van der Waals surface area contributed by atoms with Crippen LogP contribution in [0.4, 0.5) is 0 Å². The molecule has 0 amide bonds. The van der Waals surface area contributed by atoms with Crippen molar-refractivity contribution in [1.29, 1.82) is 0 Å². The number of esters is 3. The van der Waals surface area contributed by atoms with Crippen molar-refractivity contribution in [3.8, 4) is 0 Å². The molecule has 3 rings (SSSR count). The Hall–Kier alpha value is -3.16. The average molecular weight is 1020 g/mol. The molecule has 0 bridgehead atoms. The van der Waals surface area contributed by atoms with Crippen LogP contribution in [0.1, 0.15) is 116 Å². The number of oxime groups is 1. The van der Waals surface area contributed by atoms with Gasteiger partial charge in [0.2, 0.25) is 0 Å². The van der Waals surface area contributed by atoms with E-state index in [1.165, 1.54) is 34.0 Å². The molecule has 404 valence electrons. The minimum atomic E-state index is -3.78. The molecule has 0 aromatic heterocycles. The topological polar surface area (TPSA) is 260 Å². The van der Waals surface area contributed by atoms with Crippen LogP contribution in [0.3, 0.4) is 0 Å². The van der Waals surface area contributed by atoms with Crippen molar-refractivity contribution in [2.75, 3.05) is 40.7 Å². The largest absolute Gasteiger partial charge is 0.459 e. The van der Waals surface area contributed by atoms with Crippen LogP contribution in [0.2, 0.25) is 0 Å². The first-order valence-corrected chi connectivity index (χ1v) is 25.8. The summed E-state index contributed by atoms with van der Waals surface area (Å²) in [5, 5.41) is 28.4.